The normalized spacial score (nSPS) is 10.6. The SMILES string of the molecule is CC(=O)c1c(C)nsc1Nc1c(Cl)cc(F)cc1Br. The van der Waals surface area contributed by atoms with Gasteiger partial charge in [-0.1, -0.05) is 11.6 Å². The van der Waals surface area contributed by atoms with E-state index in [0.29, 0.717) is 26.4 Å². The van der Waals surface area contributed by atoms with E-state index in [4.69, 9.17) is 11.6 Å². The summed E-state index contributed by atoms with van der Waals surface area (Å²) in [6.45, 7) is 3.24. The van der Waals surface area contributed by atoms with Crippen LogP contribution < -0.4 is 5.32 Å². The Labute approximate surface area is 127 Å². The van der Waals surface area contributed by atoms with Gasteiger partial charge in [0.2, 0.25) is 0 Å². The third-order valence-corrected chi connectivity index (χ3v) is 4.24. The van der Waals surface area contributed by atoms with Crippen LogP contribution in [-0.4, -0.2) is 10.2 Å². The van der Waals surface area contributed by atoms with Crippen LogP contribution in [0.2, 0.25) is 5.02 Å². The molecule has 2 aromatic rings. The first kappa shape index (κ1) is 14.4. The number of carbonyl (C=O) groups is 1. The van der Waals surface area contributed by atoms with E-state index in [-0.39, 0.29) is 10.8 Å². The molecule has 0 aliphatic carbocycles. The lowest BCUT2D eigenvalue weighted by atomic mass is 10.2. The third-order valence-electron chi connectivity index (χ3n) is 2.46. The molecule has 0 aliphatic rings. The smallest absolute Gasteiger partial charge is 0.164 e. The van der Waals surface area contributed by atoms with Gasteiger partial charge in [-0.15, -0.1) is 0 Å². The maximum absolute atomic E-state index is 13.2. The summed E-state index contributed by atoms with van der Waals surface area (Å²) >= 11 is 10.4. The van der Waals surface area contributed by atoms with Crippen molar-refractivity contribution < 1.29 is 9.18 Å². The Morgan fingerprint density at radius 3 is 2.79 bits per heavy atom. The minimum absolute atomic E-state index is 0.0805. The van der Waals surface area contributed by atoms with Crippen LogP contribution in [0.5, 0.6) is 0 Å². The maximum Gasteiger partial charge on any atom is 0.164 e. The quantitative estimate of drug-likeness (QED) is 0.784. The Hall–Kier alpha value is -0.980. The van der Waals surface area contributed by atoms with Gasteiger partial charge in [0, 0.05) is 4.47 Å². The van der Waals surface area contributed by atoms with Gasteiger partial charge in [-0.3, -0.25) is 4.79 Å². The molecule has 0 bridgehead atoms. The second kappa shape index (κ2) is 5.56. The fraction of sp³-hybridized carbons (Fsp3) is 0.167. The Morgan fingerprint density at radius 1 is 1.53 bits per heavy atom. The molecule has 19 heavy (non-hydrogen) atoms. The van der Waals surface area contributed by atoms with Crippen molar-refractivity contribution in [1.29, 1.82) is 0 Å². The van der Waals surface area contributed by atoms with E-state index < -0.39 is 5.82 Å². The Morgan fingerprint density at radius 2 is 2.21 bits per heavy atom. The number of carbonyl (C=O) groups excluding carboxylic acids is 1. The highest BCUT2D eigenvalue weighted by Gasteiger charge is 2.17. The molecule has 7 heteroatoms. The van der Waals surface area contributed by atoms with Crippen molar-refractivity contribution in [2.75, 3.05) is 5.32 Å². The third kappa shape index (κ3) is 2.96. The number of Topliss-reactive ketones (excluding diaryl/α,β-unsaturated/α-hetero) is 1. The van der Waals surface area contributed by atoms with Crippen molar-refractivity contribution in [2.24, 2.45) is 0 Å². The van der Waals surface area contributed by atoms with E-state index in [1.54, 1.807) is 6.92 Å². The predicted molar refractivity (Wildman–Crippen MR) is 79.2 cm³/mol. The average molecular weight is 364 g/mol. The lowest BCUT2D eigenvalue weighted by Crippen LogP contribution is -1.99. The molecule has 1 N–H and O–H groups in total. The molecular formula is C12H9BrClFN2OS. The highest BCUT2D eigenvalue weighted by Crippen LogP contribution is 2.37. The van der Waals surface area contributed by atoms with Crippen LogP contribution in [0.4, 0.5) is 15.1 Å². The zero-order chi connectivity index (χ0) is 14.2. The molecule has 0 amide bonds. The van der Waals surface area contributed by atoms with Crippen molar-refractivity contribution in [1.82, 2.24) is 4.37 Å². The van der Waals surface area contributed by atoms with Crippen LogP contribution in [0.1, 0.15) is 23.0 Å². The molecule has 0 saturated carbocycles. The standard InChI is InChI=1S/C12H9BrClFN2OS/c1-5-10(6(2)18)12(19-17-5)16-11-8(13)3-7(15)4-9(11)14/h3-4,16H,1-2H3. The minimum Gasteiger partial charge on any atom is -0.343 e. The number of aromatic nitrogens is 1. The van der Waals surface area contributed by atoms with Crippen LogP contribution in [0.3, 0.4) is 0 Å². The number of anilines is 2. The number of ketones is 1. The Balaban J connectivity index is 2.45. The Kier molecular flexibility index (Phi) is 4.23. The van der Waals surface area contributed by atoms with Crippen LogP contribution in [-0.2, 0) is 0 Å². The number of nitrogens with one attached hydrogen (secondary N) is 1. The number of benzene rings is 1. The first-order valence-corrected chi connectivity index (χ1v) is 7.23. The number of halogens is 3. The van der Waals surface area contributed by atoms with Crippen molar-refractivity contribution in [2.45, 2.75) is 13.8 Å². The molecule has 0 radical (unpaired) electrons. The first-order chi connectivity index (χ1) is 8.90. The topological polar surface area (TPSA) is 42.0 Å². The van der Waals surface area contributed by atoms with Gasteiger partial charge < -0.3 is 5.32 Å². The van der Waals surface area contributed by atoms with Gasteiger partial charge in [-0.05, 0) is 53.4 Å². The number of rotatable bonds is 3. The molecule has 0 unspecified atom stereocenters. The minimum atomic E-state index is -0.435. The largest absolute Gasteiger partial charge is 0.343 e. The molecular weight excluding hydrogens is 355 g/mol. The maximum atomic E-state index is 13.2. The number of aryl methyl sites for hydroxylation is 1. The summed E-state index contributed by atoms with van der Waals surface area (Å²) in [5, 5.41) is 3.85. The summed E-state index contributed by atoms with van der Waals surface area (Å²) in [6.07, 6.45) is 0. The van der Waals surface area contributed by atoms with Gasteiger partial charge in [0.25, 0.3) is 0 Å². The first-order valence-electron chi connectivity index (χ1n) is 5.29. The fourth-order valence-corrected chi connectivity index (χ4v) is 3.39. The molecule has 1 aromatic carbocycles. The lowest BCUT2D eigenvalue weighted by molar-refractivity contribution is 0.101. The van der Waals surface area contributed by atoms with Gasteiger partial charge in [-0.25, -0.2) is 4.39 Å². The van der Waals surface area contributed by atoms with E-state index in [0.717, 1.165) is 0 Å². The van der Waals surface area contributed by atoms with Crippen molar-refractivity contribution in [3.05, 3.63) is 38.7 Å². The zero-order valence-corrected chi connectivity index (χ0v) is 13.2. The summed E-state index contributed by atoms with van der Waals surface area (Å²) in [4.78, 5) is 11.6. The monoisotopic (exact) mass is 362 g/mol. The lowest BCUT2D eigenvalue weighted by Gasteiger charge is -2.10. The van der Waals surface area contributed by atoms with Crippen LogP contribution >= 0.6 is 39.1 Å². The molecule has 0 aliphatic heterocycles. The second-order valence-corrected chi connectivity index (χ2v) is 5.93. The summed E-state index contributed by atoms with van der Waals surface area (Å²) < 4.78 is 17.8. The molecule has 0 spiro atoms. The molecule has 0 fully saturated rings. The summed E-state index contributed by atoms with van der Waals surface area (Å²) in [5.41, 5.74) is 1.70. The molecule has 1 aromatic heterocycles. The van der Waals surface area contributed by atoms with Crippen LogP contribution in [0.25, 0.3) is 0 Å². The Bertz CT molecular complexity index is 636. The average Bonchev–Trinajstić information content (AvgIpc) is 2.64. The second-order valence-electron chi connectivity index (χ2n) is 3.90. The zero-order valence-electron chi connectivity index (χ0n) is 10.1. The fourth-order valence-electron chi connectivity index (χ4n) is 1.64. The highest BCUT2D eigenvalue weighted by atomic mass is 79.9. The van der Waals surface area contributed by atoms with Gasteiger partial charge in [0.05, 0.1) is 22.0 Å². The van der Waals surface area contributed by atoms with Crippen LogP contribution in [0.15, 0.2) is 16.6 Å². The van der Waals surface area contributed by atoms with Crippen molar-refractivity contribution in [3.63, 3.8) is 0 Å². The van der Waals surface area contributed by atoms with Gasteiger partial charge >= 0.3 is 0 Å². The van der Waals surface area contributed by atoms with Gasteiger partial charge in [0.15, 0.2) is 5.78 Å². The highest BCUT2D eigenvalue weighted by molar-refractivity contribution is 9.10. The van der Waals surface area contributed by atoms with Crippen LogP contribution in [0, 0.1) is 12.7 Å². The number of hydrogen-bond donors (Lipinski definition) is 1. The van der Waals surface area contributed by atoms with E-state index >= 15 is 0 Å². The molecule has 0 atom stereocenters. The number of nitrogens with zero attached hydrogens (tertiary/aromatic N) is 1. The van der Waals surface area contributed by atoms with Gasteiger partial charge in [-0.2, -0.15) is 4.37 Å². The molecule has 0 saturated heterocycles. The predicted octanol–water partition coefficient (Wildman–Crippen LogP) is 4.95. The molecule has 3 nitrogen and oxygen atoms in total. The molecule has 2 rings (SSSR count). The van der Waals surface area contributed by atoms with E-state index in [2.05, 4.69) is 25.6 Å². The van der Waals surface area contributed by atoms with E-state index in [9.17, 15) is 9.18 Å². The summed E-state index contributed by atoms with van der Waals surface area (Å²) in [5.74, 6) is -0.516. The number of hydrogen-bond acceptors (Lipinski definition) is 4. The van der Waals surface area contributed by atoms with E-state index in [1.807, 2.05) is 0 Å². The molecule has 1 heterocycles. The van der Waals surface area contributed by atoms with Crippen molar-refractivity contribution in [3.8, 4) is 0 Å². The summed E-state index contributed by atoms with van der Waals surface area (Å²) in [7, 11) is 0. The van der Waals surface area contributed by atoms with Crippen molar-refractivity contribution >= 4 is 55.5 Å². The van der Waals surface area contributed by atoms with Gasteiger partial charge in [0.1, 0.15) is 10.8 Å². The van der Waals surface area contributed by atoms with E-state index in [1.165, 1.54) is 30.6 Å². The summed E-state index contributed by atoms with van der Waals surface area (Å²) in [6, 6.07) is 2.51. The molecule has 100 valence electrons.